The van der Waals surface area contributed by atoms with Crippen LogP contribution in [-0.4, -0.2) is 24.7 Å². The number of carbonyl (C=O) groups excluding carboxylic acids is 1. The number of ether oxygens (including phenoxy) is 2. The average molecular weight is 194 g/mol. The van der Waals surface area contributed by atoms with Crippen LogP contribution in [0.15, 0.2) is 0 Å². The van der Waals surface area contributed by atoms with Crippen LogP contribution < -0.4 is 0 Å². The molecular weight excluding hydrogens is 183 g/mol. The van der Waals surface area contributed by atoms with Gasteiger partial charge in [0.2, 0.25) is 13.9 Å². The molecular formula is C6H11O5P. The first-order valence-corrected chi connectivity index (χ1v) is 5.08. The minimum Gasteiger partial charge on any atom is -0.427 e. The van der Waals surface area contributed by atoms with Gasteiger partial charge in [-0.3, -0.25) is 4.57 Å². The summed E-state index contributed by atoms with van der Waals surface area (Å²) in [5, 5.41) is 0. The molecule has 1 heterocycles. The summed E-state index contributed by atoms with van der Waals surface area (Å²) in [5.41, 5.74) is 0. The summed E-state index contributed by atoms with van der Waals surface area (Å²) in [6, 6.07) is 0. The van der Waals surface area contributed by atoms with E-state index in [4.69, 9.17) is 4.52 Å². The van der Waals surface area contributed by atoms with Crippen molar-refractivity contribution in [2.45, 2.75) is 25.8 Å². The Hall–Kier alpha value is -0.540. The Labute approximate surface area is 70.9 Å². The molecule has 12 heavy (non-hydrogen) atoms. The van der Waals surface area contributed by atoms with Crippen LogP contribution in [-0.2, 0) is 18.6 Å². The molecule has 0 radical (unpaired) electrons. The van der Waals surface area contributed by atoms with Crippen LogP contribution in [0.4, 0.5) is 4.79 Å². The highest BCUT2D eigenvalue weighted by atomic mass is 31.1. The molecule has 0 aromatic rings. The van der Waals surface area contributed by atoms with E-state index in [1.807, 2.05) is 0 Å². The maximum atomic E-state index is 11.2. The zero-order chi connectivity index (χ0) is 9.14. The van der Waals surface area contributed by atoms with E-state index >= 15 is 0 Å². The predicted molar refractivity (Wildman–Crippen MR) is 41.4 cm³/mol. The van der Waals surface area contributed by atoms with E-state index in [-0.39, 0.29) is 0 Å². The average Bonchev–Trinajstić information content (AvgIpc) is 2.30. The molecule has 70 valence electrons. The summed E-state index contributed by atoms with van der Waals surface area (Å²) in [5.74, 6) is -0.720. The van der Waals surface area contributed by atoms with Crippen molar-refractivity contribution >= 4 is 14.2 Å². The Kier molecular flexibility index (Phi) is 3.12. The van der Waals surface area contributed by atoms with Gasteiger partial charge < -0.3 is 14.0 Å². The molecule has 3 atom stereocenters. The molecule has 6 heteroatoms. The predicted octanol–water partition coefficient (Wildman–Crippen LogP) is 1.38. The van der Waals surface area contributed by atoms with Crippen molar-refractivity contribution in [3.8, 4) is 0 Å². The summed E-state index contributed by atoms with van der Waals surface area (Å²) in [6.45, 7) is 3.70. The lowest BCUT2D eigenvalue weighted by atomic mass is 10.4. The third kappa shape index (κ3) is 1.99. The van der Waals surface area contributed by atoms with Gasteiger partial charge in [-0.05, 0) is 13.8 Å². The van der Waals surface area contributed by atoms with E-state index < -0.39 is 26.1 Å². The summed E-state index contributed by atoms with van der Waals surface area (Å²) < 4.78 is 25.3. The molecule has 1 saturated heterocycles. The fourth-order valence-corrected chi connectivity index (χ4v) is 2.00. The van der Waals surface area contributed by atoms with Crippen LogP contribution in [0.1, 0.15) is 13.8 Å². The Morgan fingerprint density at radius 1 is 1.58 bits per heavy atom. The Morgan fingerprint density at radius 2 is 2.25 bits per heavy atom. The zero-order valence-corrected chi connectivity index (χ0v) is 7.90. The number of rotatable bonds is 3. The normalized spacial score (nSPS) is 31.0. The number of carbonyl (C=O) groups is 1. The molecule has 1 aliphatic heterocycles. The molecule has 3 unspecified atom stereocenters. The van der Waals surface area contributed by atoms with Gasteiger partial charge in [-0.15, -0.1) is 0 Å². The van der Waals surface area contributed by atoms with E-state index in [1.165, 1.54) is 0 Å². The topological polar surface area (TPSA) is 61.8 Å². The van der Waals surface area contributed by atoms with Crippen LogP contribution in [0.5, 0.6) is 0 Å². The third-order valence-electron chi connectivity index (χ3n) is 1.45. The van der Waals surface area contributed by atoms with Crippen LogP contribution >= 0.6 is 8.03 Å². The van der Waals surface area contributed by atoms with Gasteiger partial charge in [0, 0.05) is 0 Å². The number of cyclic esters (lactones) is 2. The lowest BCUT2D eigenvalue weighted by Crippen LogP contribution is -2.15. The van der Waals surface area contributed by atoms with Gasteiger partial charge in [0.25, 0.3) is 0 Å². The van der Waals surface area contributed by atoms with Crippen molar-refractivity contribution in [1.29, 1.82) is 0 Å². The Balaban J connectivity index is 2.52. The molecule has 0 aromatic heterocycles. The second-order valence-corrected chi connectivity index (χ2v) is 3.86. The standard InChI is InChI=1S/C6H11O5P/c1-3-9-12(8)5-4(2)10-6(7)11-5/h4-5,12H,3H2,1-2H3. The first-order chi connectivity index (χ1) is 5.65. The zero-order valence-electron chi connectivity index (χ0n) is 6.90. The lowest BCUT2D eigenvalue weighted by Gasteiger charge is -2.09. The van der Waals surface area contributed by atoms with E-state index in [2.05, 4.69) is 9.47 Å². The van der Waals surface area contributed by atoms with Crippen LogP contribution in [0.25, 0.3) is 0 Å². The summed E-state index contributed by atoms with van der Waals surface area (Å²) in [7, 11) is -2.32. The molecule has 1 fully saturated rings. The van der Waals surface area contributed by atoms with Gasteiger partial charge in [0.05, 0.1) is 6.61 Å². The molecule has 5 nitrogen and oxygen atoms in total. The molecule has 0 aromatic carbocycles. The van der Waals surface area contributed by atoms with Gasteiger partial charge in [-0.1, -0.05) is 0 Å². The van der Waals surface area contributed by atoms with E-state index in [1.54, 1.807) is 13.8 Å². The largest absolute Gasteiger partial charge is 0.509 e. The fourth-order valence-electron chi connectivity index (χ4n) is 0.905. The Morgan fingerprint density at radius 3 is 2.67 bits per heavy atom. The van der Waals surface area contributed by atoms with Crippen molar-refractivity contribution in [2.24, 2.45) is 0 Å². The molecule has 0 aliphatic carbocycles. The van der Waals surface area contributed by atoms with Crippen LogP contribution in [0.3, 0.4) is 0 Å². The molecule has 1 rings (SSSR count). The van der Waals surface area contributed by atoms with Crippen molar-refractivity contribution in [3.05, 3.63) is 0 Å². The first-order valence-electron chi connectivity index (χ1n) is 3.69. The van der Waals surface area contributed by atoms with Crippen molar-refractivity contribution in [3.63, 3.8) is 0 Å². The summed E-state index contributed by atoms with van der Waals surface area (Å²) >= 11 is 0. The maximum absolute atomic E-state index is 11.2. The van der Waals surface area contributed by atoms with E-state index in [0.29, 0.717) is 6.61 Å². The SMILES string of the molecule is CCO[PH](=O)C1OC(=O)OC1C. The highest BCUT2D eigenvalue weighted by Crippen LogP contribution is 2.37. The van der Waals surface area contributed by atoms with Gasteiger partial charge in [0.1, 0.15) is 6.10 Å². The molecule has 0 N–H and O–H groups in total. The quantitative estimate of drug-likeness (QED) is 0.501. The third-order valence-corrected chi connectivity index (χ3v) is 3.08. The first kappa shape index (κ1) is 9.55. The van der Waals surface area contributed by atoms with Crippen LogP contribution in [0.2, 0.25) is 0 Å². The second-order valence-electron chi connectivity index (χ2n) is 2.36. The minimum atomic E-state index is -2.32. The van der Waals surface area contributed by atoms with Crippen molar-refractivity contribution in [1.82, 2.24) is 0 Å². The summed E-state index contributed by atoms with van der Waals surface area (Å²) in [4.78, 5) is 10.5. The molecule has 0 amide bonds. The molecule has 0 spiro atoms. The molecule has 1 aliphatic rings. The maximum Gasteiger partial charge on any atom is 0.509 e. The lowest BCUT2D eigenvalue weighted by molar-refractivity contribution is 0.120. The van der Waals surface area contributed by atoms with Crippen LogP contribution in [0, 0.1) is 0 Å². The summed E-state index contributed by atoms with van der Waals surface area (Å²) in [6.07, 6.45) is -1.25. The smallest absolute Gasteiger partial charge is 0.427 e. The minimum absolute atomic E-state index is 0.346. The van der Waals surface area contributed by atoms with E-state index in [9.17, 15) is 9.36 Å². The second kappa shape index (κ2) is 3.92. The molecule has 0 saturated carbocycles. The Bertz CT molecular complexity index is 204. The monoisotopic (exact) mass is 194 g/mol. The van der Waals surface area contributed by atoms with Gasteiger partial charge >= 0.3 is 6.16 Å². The van der Waals surface area contributed by atoms with Crippen molar-refractivity contribution in [2.75, 3.05) is 6.61 Å². The highest BCUT2D eigenvalue weighted by Gasteiger charge is 2.37. The number of hydrogen-bond donors (Lipinski definition) is 0. The van der Waals surface area contributed by atoms with Gasteiger partial charge in [-0.25, -0.2) is 4.79 Å². The van der Waals surface area contributed by atoms with Crippen molar-refractivity contribution < 1.29 is 23.4 Å². The number of hydrogen-bond acceptors (Lipinski definition) is 5. The molecule has 0 bridgehead atoms. The fraction of sp³-hybridized carbons (Fsp3) is 0.833. The highest BCUT2D eigenvalue weighted by molar-refractivity contribution is 7.39. The van der Waals surface area contributed by atoms with Gasteiger partial charge in [0.15, 0.2) is 0 Å². The van der Waals surface area contributed by atoms with E-state index in [0.717, 1.165) is 0 Å². The van der Waals surface area contributed by atoms with Gasteiger partial charge in [-0.2, -0.15) is 0 Å².